The first kappa shape index (κ1) is 27.2. The largest absolute Gasteiger partial charge is 0.398 e. The van der Waals surface area contributed by atoms with Crippen LogP contribution in [0.4, 0.5) is 15.8 Å². The van der Waals surface area contributed by atoms with Gasteiger partial charge in [0.2, 0.25) is 12.3 Å². The maximum Gasteiger partial charge on any atom is 0.244 e. The second-order valence-corrected chi connectivity index (χ2v) is 8.23. The molecule has 1 fully saturated rings. The van der Waals surface area contributed by atoms with E-state index >= 15 is 0 Å². The Bertz CT molecular complexity index is 1190. The molecule has 0 spiro atoms. The van der Waals surface area contributed by atoms with Crippen LogP contribution in [0.3, 0.4) is 0 Å². The Morgan fingerprint density at radius 1 is 1.25 bits per heavy atom. The number of amides is 1. The summed E-state index contributed by atoms with van der Waals surface area (Å²) < 4.78 is 26.1. The summed E-state index contributed by atoms with van der Waals surface area (Å²) in [6.07, 6.45) is 5.35. The number of benzene rings is 2. The van der Waals surface area contributed by atoms with Gasteiger partial charge in [0.1, 0.15) is 5.82 Å². The molecule has 1 saturated heterocycles. The number of rotatable bonds is 7. The Labute approximate surface area is 216 Å². The molecular weight excluding hydrogens is 479 g/mol. The summed E-state index contributed by atoms with van der Waals surface area (Å²) in [5.41, 5.74) is 9.00. The van der Waals surface area contributed by atoms with Crippen molar-refractivity contribution >= 4 is 36.0 Å². The monoisotopic (exact) mass is 510 g/mol. The lowest BCUT2D eigenvalue weighted by atomic mass is 10.1. The van der Waals surface area contributed by atoms with E-state index in [4.69, 9.17) is 15.2 Å². The predicted octanol–water partition coefficient (Wildman–Crippen LogP) is 4.75. The van der Waals surface area contributed by atoms with E-state index in [0.717, 1.165) is 11.1 Å². The fourth-order valence-corrected chi connectivity index (χ4v) is 3.89. The number of thiol groups is 1. The van der Waals surface area contributed by atoms with Gasteiger partial charge < -0.3 is 25.4 Å². The van der Waals surface area contributed by atoms with Gasteiger partial charge >= 0.3 is 0 Å². The summed E-state index contributed by atoms with van der Waals surface area (Å²) in [6, 6.07) is 13.8. The molecule has 2 aromatic carbocycles. The molecule has 190 valence electrons. The number of hydrogen-bond donors (Lipinski definition) is 3. The molecule has 3 N–H and O–H groups in total. The molecule has 3 aromatic rings. The zero-order valence-corrected chi connectivity index (χ0v) is 21.4. The van der Waals surface area contributed by atoms with Crippen molar-refractivity contribution in [3.8, 4) is 11.1 Å². The Balaban J connectivity index is 0.00000176. The quantitative estimate of drug-likeness (QED) is 0.242. The van der Waals surface area contributed by atoms with Crippen molar-refractivity contribution in [1.29, 1.82) is 0 Å². The van der Waals surface area contributed by atoms with Crippen LogP contribution in [0.1, 0.15) is 19.4 Å². The van der Waals surface area contributed by atoms with Gasteiger partial charge in [-0.25, -0.2) is 4.39 Å². The number of carbonyl (C=O) groups is 1. The van der Waals surface area contributed by atoms with Crippen LogP contribution in [-0.4, -0.2) is 43.6 Å². The van der Waals surface area contributed by atoms with Gasteiger partial charge in [-0.05, 0) is 59.7 Å². The summed E-state index contributed by atoms with van der Waals surface area (Å²) in [4.78, 5) is 18.7. The van der Waals surface area contributed by atoms with Crippen LogP contribution >= 0.6 is 12.6 Å². The minimum Gasteiger partial charge on any atom is -0.398 e. The standard InChI is InChI=1S/C25H25FN4O3S.C2H6/c1-32-25-30(18-4-5-20(21(26)13-18)17-8-10-28-11-9-17)15-19(33-25)14-29-24(31)7-3-16-2-6-22(27)23(34)12-16;1-2/h2-13,19,25,34H,14-15,27H2,1H3,(H,29,31);1-2H3/b7-3+;. The van der Waals surface area contributed by atoms with Gasteiger partial charge in [0.05, 0.1) is 12.6 Å². The first-order valence-electron chi connectivity index (χ1n) is 11.6. The minimum atomic E-state index is -0.688. The molecule has 0 aliphatic carbocycles. The summed E-state index contributed by atoms with van der Waals surface area (Å²) in [5.74, 6) is -0.617. The number of carbonyl (C=O) groups excluding carboxylic acids is 1. The average molecular weight is 511 g/mol. The molecule has 4 rings (SSSR count). The molecule has 7 nitrogen and oxygen atoms in total. The Morgan fingerprint density at radius 3 is 2.67 bits per heavy atom. The molecular formula is C27H31FN4O3S. The number of nitrogens with one attached hydrogen (secondary N) is 1. The molecule has 0 bridgehead atoms. The molecule has 0 saturated carbocycles. The summed E-state index contributed by atoms with van der Waals surface area (Å²) in [7, 11) is 1.52. The van der Waals surface area contributed by atoms with Crippen LogP contribution in [0.5, 0.6) is 0 Å². The molecule has 1 aliphatic heterocycles. The zero-order chi connectivity index (χ0) is 26.1. The third kappa shape index (κ3) is 6.84. The van der Waals surface area contributed by atoms with E-state index in [9.17, 15) is 9.18 Å². The Kier molecular flexibility index (Phi) is 9.86. The van der Waals surface area contributed by atoms with Crippen LogP contribution in [-0.2, 0) is 14.3 Å². The highest BCUT2D eigenvalue weighted by molar-refractivity contribution is 7.80. The predicted molar refractivity (Wildman–Crippen MR) is 144 cm³/mol. The number of nitrogens with two attached hydrogens (primary N) is 1. The minimum absolute atomic E-state index is 0.263. The highest BCUT2D eigenvalue weighted by atomic mass is 32.1. The van der Waals surface area contributed by atoms with Gasteiger partial charge in [-0.2, -0.15) is 0 Å². The number of anilines is 2. The van der Waals surface area contributed by atoms with Gasteiger partial charge in [0.15, 0.2) is 0 Å². The van der Waals surface area contributed by atoms with E-state index in [1.165, 1.54) is 19.3 Å². The number of nitrogens with zero attached hydrogens (tertiary/aromatic N) is 2. The maximum atomic E-state index is 14.8. The first-order chi connectivity index (χ1) is 17.4. The number of halogens is 1. The molecule has 9 heteroatoms. The number of methoxy groups -OCH3 is 1. The molecule has 2 unspecified atom stereocenters. The van der Waals surface area contributed by atoms with Crippen molar-refractivity contribution in [3.63, 3.8) is 0 Å². The lowest BCUT2D eigenvalue weighted by Gasteiger charge is -2.23. The maximum absolute atomic E-state index is 14.8. The summed E-state index contributed by atoms with van der Waals surface area (Å²) in [6.45, 7) is 4.70. The number of hydrogen-bond acceptors (Lipinski definition) is 7. The fraction of sp³-hybridized carbons (Fsp3) is 0.259. The van der Waals surface area contributed by atoms with Crippen molar-refractivity contribution in [3.05, 3.63) is 78.4 Å². The highest BCUT2D eigenvalue weighted by Gasteiger charge is 2.33. The molecule has 1 aliphatic rings. The topological polar surface area (TPSA) is 89.7 Å². The number of ether oxygens (including phenoxy) is 2. The summed E-state index contributed by atoms with van der Waals surface area (Å²) in [5, 5.41) is 2.82. The van der Waals surface area contributed by atoms with E-state index in [1.54, 1.807) is 54.9 Å². The third-order valence-electron chi connectivity index (χ3n) is 5.43. The smallest absolute Gasteiger partial charge is 0.244 e. The lowest BCUT2D eigenvalue weighted by Crippen LogP contribution is -2.34. The number of pyridine rings is 1. The summed E-state index contributed by atoms with van der Waals surface area (Å²) >= 11 is 4.28. The van der Waals surface area contributed by atoms with E-state index in [-0.39, 0.29) is 24.4 Å². The second kappa shape index (κ2) is 13.1. The van der Waals surface area contributed by atoms with Crippen LogP contribution in [0, 0.1) is 5.82 Å². The molecule has 2 heterocycles. The van der Waals surface area contributed by atoms with Gasteiger partial charge in [0.25, 0.3) is 0 Å². The van der Waals surface area contributed by atoms with Crippen molar-refractivity contribution in [1.82, 2.24) is 10.3 Å². The normalized spacial score (nSPS) is 17.1. The highest BCUT2D eigenvalue weighted by Crippen LogP contribution is 2.30. The number of aromatic nitrogens is 1. The number of nitrogen functional groups attached to an aromatic ring is 1. The first-order valence-corrected chi connectivity index (χ1v) is 12.1. The average Bonchev–Trinajstić information content (AvgIpc) is 3.33. The van der Waals surface area contributed by atoms with Crippen LogP contribution in [0.2, 0.25) is 0 Å². The van der Waals surface area contributed by atoms with Crippen LogP contribution in [0.25, 0.3) is 17.2 Å². The van der Waals surface area contributed by atoms with Crippen molar-refractivity contribution in [2.75, 3.05) is 30.8 Å². The molecule has 1 amide bonds. The van der Waals surface area contributed by atoms with E-state index in [1.807, 2.05) is 24.8 Å². The molecule has 0 radical (unpaired) electrons. The van der Waals surface area contributed by atoms with Crippen LogP contribution < -0.4 is 16.0 Å². The zero-order valence-electron chi connectivity index (χ0n) is 20.5. The van der Waals surface area contributed by atoms with Gasteiger partial charge in [-0.3, -0.25) is 9.78 Å². The lowest BCUT2D eigenvalue weighted by molar-refractivity contribution is -0.122. The van der Waals surface area contributed by atoms with Crippen molar-refractivity contribution in [2.45, 2.75) is 31.3 Å². The third-order valence-corrected chi connectivity index (χ3v) is 5.81. The van der Waals surface area contributed by atoms with E-state index < -0.39 is 6.41 Å². The van der Waals surface area contributed by atoms with E-state index in [2.05, 4.69) is 22.9 Å². The fourth-order valence-electron chi connectivity index (χ4n) is 3.67. The van der Waals surface area contributed by atoms with Crippen LogP contribution in [0.15, 0.2) is 71.9 Å². The van der Waals surface area contributed by atoms with Gasteiger partial charge in [0, 0.05) is 54.0 Å². The van der Waals surface area contributed by atoms with Gasteiger partial charge in [-0.1, -0.05) is 19.9 Å². The van der Waals surface area contributed by atoms with E-state index in [0.29, 0.717) is 28.4 Å². The molecule has 36 heavy (non-hydrogen) atoms. The SMILES string of the molecule is CC.COC1OC(CNC(=O)/C=C/c2ccc(N)c(S)c2)CN1c1ccc(-c2ccncc2)c(F)c1. The van der Waals surface area contributed by atoms with Crippen molar-refractivity contribution in [2.24, 2.45) is 0 Å². The molecule has 1 aromatic heterocycles. The Morgan fingerprint density at radius 2 is 2.00 bits per heavy atom. The molecule has 2 atom stereocenters. The second-order valence-electron chi connectivity index (χ2n) is 7.75. The Hall–Kier alpha value is -3.40. The van der Waals surface area contributed by atoms with Crippen molar-refractivity contribution < 1.29 is 18.7 Å². The van der Waals surface area contributed by atoms with Gasteiger partial charge in [-0.15, -0.1) is 12.6 Å².